The van der Waals surface area contributed by atoms with Crippen LogP contribution in [0.25, 0.3) is 16.9 Å². The van der Waals surface area contributed by atoms with E-state index in [0.29, 0.717) is 6.42 Å². The van der Waals surface area contributed by atoms with Gasteiger partial charge >= 0.3 is 0 Å². The molecule has 5 heteroatoms. The first-order valence-corrected chi connectivity index (χ1v) is 7.49. The molecule has 1 amide bonds. The van der Waals surface area contributed by atoms with E-state index in [4.69, 9.17) is 0 Å². The second kappa shape index (κ2) is 5.69. The number of fused-ring (bicyclic) bond motifs is 1. The number of halogens is 1. The van der Waals surface area contributed by atoms with Crippen LogP contribution in [0.5, 0.6) is 0 Å². The van der Waals surface area contributed by atoms with Crippen molar-refractivity contribution in [3.8, 4) is 11.3 Å². The fourth-order valence-electron chi connectivity index (χ4n) is 2.07. The molecule has 0 unspecified atom stereocenters. The van der Waals surface area contributed by atoms with Crippen molar-refractivity contribution >= 4 is 33.2 Å². The zero-order chi connectivity index (χ0) is 14.8. The van der Waals surface area contributed by atoms with Gasteiger partial charge in [0.1, 0.15) is 5.65 Å². The second-order valence-electron chi connectivity index (χ2n) is 4.72. The summed E-state index contributed by atoms with van der Waals surface area (Å²) in [4.78, 5) is 16.0. The smallest absolute Gasteiger partial charge is 0.224 e. The molecule has 2 aromatic heterocycles. The molecule has 0 aliphatic rings. The largest absolute Gasteiger partial charge is 0.325 e. The maximum absolute atomic E-state index is 11.4. The van der Waals surface area contributed by atoms with Crippen LogP contribution in [-0.2, 0) is 4.79 Å². The van der Waals surface area contributed by atoms with Gasteiger partial charge in [0.05, 0.1) is 11.4 Å². The molecule has 0 fully saturated rings. The molecule has 3 aromatic rings. The Morgan fingerprint density at radius 3 is 2.67 bits per heavy atom. The predicted molar refractivity (Wildman–Crippen MR) is 87.2 cm³/mol. The summed E-state index contributed by atoms with van der Waals surface area (Å²) in [5.41, 5.74) is 3.58. The molecule has 4 nitrogen and oxygen atoms in total. The Kier molecular flexibility index (Phi) is 3.75. The molecule has 0 atom stereocenters. The van der Waals surface area contributed by atoms with Gasteiger partial charge in [-0.15, -0.1) is 0 Å². The summed E-state index contributed by atoms with van der Waals surface area (Å²) < 4.78 is 2.96. The number of rotatable bonds is 3. The van der Waals surface area contributed by atoms with E-state index in [0.717, 1.165) is 27.1 Å². The highest BCUT2D eigenvalue weighted by atomic mass is 79.9. The van der Waals surface area contributed by atoms with Crippen molar-refractivity contribution in [2.24, 2.45) is 0 Å². The third-order valence-electron chi connectivity index (χ3n) is 3.20. The third kappa shape index (κ3) is 2.97. The summed E-state index contributed by atoms with van der Waals surface area (Å²) >= 11 is 3.43. The zero-order valence-corrected chi connectivity index (χ0v) is 13.1. The molecular weight excluding hydrogens is 330 g/mol. The van der Waals surface area contributed by atoms with Crippen molar-refractivity contribution in [3.05, 3.63) is 53.3 Å². The monoisotopic (exact) mass is 343 g/mol. The number of nitrogens with zero attached hydrogens (tertiary/aromatic N) is 2. The van der Waals surface area contributed by atoms with Crippen LogP contribution in [0.15, 0.2) is 53.3 Å². The maximum atomic E-state index is 11.4. The average molecular weight is 344 g/mol. The first kappa shape index (κ1) is 13.8. The lowest BCUT2D eigenvalue weighted by molar-refractivity contribution is -0.115. The summed E-state index contributed by atoms with van der Waals surface area (Å²) in [5.74, 6) is 0.00241. The number of aromatic nitrogens is 2. The molecule has 0 spiro atoms. The van der Waals surface area contributed by atoms with Crippen LogP contribution in [0.4, 0.5) is 5.69 Å². The van der Waals surface area contributed by atoms with Gasteiger partial charge in [-0.25, -0.2) is 4.98 Å². The molecule has 0 saturated heterocycles. The fourth-order valence-corrected chi connectivity index (χ4v) is 2.34. The molecule has 2 heterocycles. The van der Waals surface area contributed by atoms with Crippen LogP contribution < -0.4 is 5.32 Å². The van der Waals surface area contributed by atoms with Crippen molar-refractivity contribution < 1.29 is 4.79 Å². The number of hydrogen-bond acceptors (Lipinski definition) is 2. The quantitative estimate of drug-likeness (QED) is 0.777. The number of imidazole rings is 1. The Morgan fingerprint density at radius 1 is 1.19 bits per heavy atom. The van der Waals surface area contributed by atoms with E-state index in [1.54, 1.807) is 0 Å². The van der Waals surface area contributed by atoms with E-state index in [-0.39, 0.29) is 5.91 Å². The van der Waals surface area contributed by atoms with E-state index >= 15 is 0 Å². The van der Waals surface area contributed by atoms with Gasteiger partial charge in [0.2, 0.25) is 5.91 Å². The zero-order valence-electron chi connectivity index (χ0n) is 11.5. The van der Waals surface area contributed by atoms with Crippen LogP contribution in [0, 0.1) is 0 Å². The van der Waals surface area contributed by atoms with Gasteiger partial charge in [0.15, 0.2) is 0 Å². The van der Waals surface area contributed by atoms with Crippen LogP contribution in [0.2, 0.25) is 0 Å². The minimum atomic E-state index is 0.00241. The number of amides is 1. The normalized spacial score (nSPS) is 10.8. The Bertz CT molecular complexity index is 793. The Labute approximate surface area is 131 Å². The van der Waals surface area contributed by atoms with Crippen LogP contribution >= 0.6 is 15.9 Å². The molecule has 0 aliphatic heterocycles. The van der Waals surface area contributed by atoms with Crippen molar-refractivity contribution in [1.29, 1.82) is 0 Å². The second-order valence-corrected chi connectivity index (χ2v) is 5.63. The highest BCUT2D eigenvalue weighted by molar-refractivity contribution is 9.10. The molecule has 3 rings (SSSR count). The van der Waals surface area contributed by atoms with Gasteiger partial charge in [0, 0.05) is 28.9 Å². The fraction of sp³-hybridized carbons (Fsp3) is 0.125. The van der Waals surface area contributed by atoms with Gasteiger partial charge in [0.25, 0.3) is 0 Å². The molecule has 0 aliphatic carbocycles. The van der Waals surface area contributed by atoms with Gasteiger partial charge in [-0.2, -0.15) is 0 Å². The van der Waals surface area contributed by atoms with Gasteiger partial charge in [-0.3, -0.25) is 4.79 Å². The van der Waals surface area contributed by atoms with E-state index in [2.05, 4.69) is 26.2 Å². The molecule has 0 saturated carbocycles. The summed E-state index contributed by atoms with van der Waals surface area (Å²) in [5, 5.41) is 2.85. The topological polar surface area (TPSA) is 46.4 Å². The Balaban J connectivity index is 1.96. The van der Waals surface area contributed by atoms with Crippen LogP contribution in [0.3, 0.4) is 0 Å². The lowest BCUT2D eigenvalue weighted by atomic mass is 10.2. The predicted octanol–water partition coefficient (Wildman–Crippen LogP) is 4.11. The SMILES string of the molecule is CCC(=O)Nc1ccc2nc(-c3ccc(Br)cc3)cn2c1. The highest BCUT2D eigenvalue weighted by Gasteiger charge is 2.06. The molecule has 0 radical (unpaired) electrons. The number of anilines is 1. The van der Waals surface area contributed by atoms with Crippen molar-refractivity contribution in [3.63, 3.8) is 0 Å². The molecule has 1 aromatic carbocycles. The van der Waals surface area contributed by atoms with Crippen LogP contribution in [0.1, 0.15) is 13.3 Å². The molecule has 21 heavy (non-hydrogen) atoms. The number of pyridine rings is 1. The minimum absolute atomic E-state index is 0.00241. The molecule has 106 valence electrons. The molecule has 0 bridgehead atoms. The maximum Gasteiger partial charge on any atom is 0.224 e. The summed E-state index contributed by atoms with van der Waals surface area (Å²) in [6, 6.07) is 11.8. The number of benzene rings is 1. The minimum Gasteiger partial charge on any atom is -0.325 e. The van der Waals surface area contributed by atoms with E-state index in [1.807, 2.05) is 60.1 Å². The van der Waals surface area contributed by atoms with Crippen molar-refractivity contribution in [2.75, 3.05) is 5.32 Å². The van der Waals surface area contributed by atoms with E-state index < -0.39 is 0 Å². The Hall–Kier alpha value is -2.14. The standard InChI is InChI=1S/C16H14BrN3O/c1-2-16(21)18-13-7-8-15-19-14(10-20(15)9-13)11-3-5-12(17)6-4-11/h3-10H,2H2,1H3,(H,18,21). The summed E-state index contributed by atoms with van der Waals surface area (Å²) in [6.45, 7) is 1.83. The summed E-state index contributed by atoms with van der Waals surface area (Å²) in [6.07, 6.45) is 4.30. The highest BCUT2D eigenvalue weighted by Crippen LogP contribution is 2.22. The molecular formula is C16H14BrN3O. The number of carbonyl (C=O) groups excluding carboxylic acids is 1. The summed E-state index contributed by atoms with van der Waals surface area (Å²) in [7, 11) is 0. The lowest BCUT2D eigenvalue weighted by Crippen LogP contribution is -2.09. The number of hydrogen-bond donors (Lipinski definition) is 1. The first-order chi connectivity index (χ1) is 10.2. The van der Waals surface area contributed by atoms with E-state index in [9.17, 15) is 4.79 Å². The lowest BCUT2D eigenvalue weighted by Gasteiger charge is -2.03. The van der Waals surface area contributed by atoms with Gasteiger partial charge in [-0.05, 0) is 24.3 Å². The number of carbonyl (C=O) groups is 1. The average Bonchev–Trinajstić information content (AvgIpc) is 2.91. The third-order valence-corrected chi connectivity index (χ3v) is 3.72. The van der Waals surface area contributed by atoms with Crippen LogP contribution in [-0.4, -0.2) is 15.3 Å². The van der Waals surface area contributed by atoms with Crippen molar-refractivity contribution in [1.82, 2.24) is 9.38 Å². The first-order valence-electron chi connectivity index (χ1n) is 6.70. The van der Waals surface area contributed by atoms with Crippen molar-refractivity contribution in [2.45, 2.75) is 13.3 Å². The van der Waals surface area contributed by atoms with E-state index in [1.165, 1.54) is 0 Å². The Morgan fingerprint density at radius 2 is 1.95 bits per heavy atom. The van der Waals surface area contributed by atoms with Gasteiger partial charge < -0.3 is 9.72 Å². The number of nitrogens with one attached hydrogen (secondary N) is 1. The molecule has 1 N–H and O–H groups in total. The van der Waals surface area contributed by atoms with Gasteiger partial charge in [-0.1, -0.05) is 35.0 Å².